The summed E-state index contributed by atoms with van der Waals surface area (Å²) in [5.74, 6) is 0.141. The Hall–Kier alpha value is -2.28. The van der Waals surface area contributed by atoms with Gasteiger partial charge < -0.3 is 20.1 Å². The summed E-state index contributed by atoms with van der Waals surface area (Å²) >= 11 is 0. The molecule has 28 heavy (non-hydrogen) atoms. The van der Waals surface area contributed by atoms with Crippen LogP contribution in [0.4, 0.5) is 0 Å². The van der Waals surface area contributed by atoms with Gasteiger partial charge in [-0.1, -0.05) is 30.3 Å². The second-order valence-electron chi connectivity index (χ2n) is 7.52. The summed E-state index contributed by atoms with van der Waals surface area (Å²) in [6, 6.07) is 12.6. The number of pyridine rings is 1. The lowest BCUT2D eigenvalue weighted by molar-refractivity contribution is -0.138. The number of hydrogen-bond donors (Lipinski definition) is 2. The summed E-state index contributed by atoms with van der Waals surface area (Å²) in [6.45, 7) is 4.75. The third-order valence-electron chi connectivity index (χ3n) is 5.39. The standard InChI is InChI=1S/C22H29N3O3/c1-15(2)25(21(27)14-28-3)12-19-22(20(13-26)24-19)17-8-6-16(7-9-17)18-5-4-10-23-11-18/h4-11,15,19-20,22,24,26H,12-14H2,1-3H3/t19-,20+,22-/m0/s1. The van der Waals surface area contributed by atoms with E-state index in [0.29, 0.717) is 6.54 Å². The number of aliphatic hydroxyl groups is 1. The van der Waals surface area contributed by atoms with Crippen molar-refractivity contribution in [1.29, 1.82) is 0 Å². The van der Waals surface area contributed by atoms with Gasteiger partial charge in [-0.15, -0.1) is 0 Å². The third kappa shape index (κ3) is 4.41. The van der Waals surface area contributed by atoms with Gasteiger partial charge in [0.15, 0.2) is 0 Å². The normalized spacial score (nSPS) is 21.4. The molecule has 2 aromatic rings. The molecule has 0 aliphatic carbocycles. The number of nitrogens with one attached hydrogen (secondary N) is 1. The molecule has 0 spiro atoms. The SMILES string of the molecule is COCC(=O)N(C[C@@H]1N[C@H](CO)[C@H]1c1ccc(-c2cccnc2)cc1)C(C)C. The predicted molar refractivity (Wildman–Crippen MR) is 109 cm³/mol. The zero-order valence-electron chi connectivity index (χ0n) is 16.7. The Bertz CT molecular complexity index is 764. The van der Waals surface area contributed by atoms with Crippen LogP contribution in [0.25, 0.3) is 11.1 Å². The van der Waals surface area contributed by atoms with Crippen molar-refractivity contribution in [2.75, 3.05) is 26.9 Å². The van der Waals surface area contributed by atoms with Crippen LogP contribution in [0.5, 0.6) is 0 Å². The number of aromatic nitrogens is 1. The Kier molecular flexibility index (Phi) is 6.78. The highest BCUT2D eigenvalue weighted by Crippen LogP contribution is 2.34. The van der Waals surface area contributed by atoms with E-state index in [1.807, 2.05) is 37.1 Å². The number of nitrogens with zero attached hydrogens (tertiary/aromatic N) is 2. The van der Waals surface area contributed by atoms with Gasteiger partial charge in [-0.2, -0.15) is 0 Å². The molecule has 0 bridgehead atoms. The number of amides is 1. The van der Waals surface area contributed by atoms with E-state index in [4.69, 9.17) is 4.74 Å². The Balaban J connectivity index is 1.75. The lowest BCUT2D eigenvalue weighted by Gasteiger charge is -2.48. The molecule has 3 atom stereocenters. The van der Waals surface area contributed by atoms with E-state index in [2.05, 4.69) is 34.6 Å². The van der Waals surface area contributed by atoms with Gasteiger partial charge in [-0.25, -0.2) is 0 Å². The van der Waals surface area contributed by atoms with Crippen LogP contribution in [-0.2, 0) is 9.53 Å². The molecule has 6 heteroatoms. The molecular formula is C22H29N3O3. The predicted octanol–water partition coefficient (Wildman–Crippen LogP) is 2.05. The molecule has 3 rings (SSSR count). The van der Waals surface area contributed by atoms with Crippen molar-refractivity contribution >= 4 is 5.91 Å². The quantitative estimate of drug-likeness (QED) is 0.730. The molecule has 1 aromatic heterocycles. The van der Waals surface area contributed by atoms with Crippen LogP contribution in [0.15, 0.2) is 48.8 Å². The van der Waals surface area contributed by atoms with E-state index < -0.39 is 0 Å². The average Bonchev–Trinajstić information content (AvgIpc) is 2.68. The highest BCUT2D eigenvalue weighted by molar-refractivity contribution is 5.77. The minimum atomic E-state index is -0.0163. The Morgan fingerprint density at radius 2 is 1.96 bits per heavy atom. The van der Waals surface area contributed by atoms with Crippen LogP contribution >= 0.6 is 0 Å². The van der Waals surface area contributed by atoms with Crippen LogP contribution in [0.1, 0.15) is 25.3 Å². The van der Waals surface area contributed by atoms with Crippen LogP contribution in [0.2, 0.25) is 0 Å². The first-order chi connectivity index (χ1) is 13.5. The fourth-order valence-corrected chi connectivity index (χ4v) is 3.89. The summed E-state index contributed by atoms with van der Waals surface area (Å²) in [5.41, 5.74) is 3.35. The zero-order valence-corrected chi connectivity index (χ0v) is 16.7. The molecule has 1 fully saturated rings. The molecular weight excluding hydrogens is 354 g/mol. The highest BCUT2D eigenvalue weighted by Gasteiger charge is 2.42. The first-order valence-electron chi connectivity index (χ1n) is 9.70. The number of aliphatic hydroxyl groups excluding tert-OH is 1. The molecule has 1 aliphatic heterocycles. The van der Waals surface area contributed by atoms with Crippen molar-refractivity contribution in [2.24, 2.45) is 0 Å². The maximum atomic E-state index is 12.4. The number of benzene rings is 1. The Morgan fingerprint density at radius 1 is 1.21 bits per heavy atom. The topological polar surface area (TPSA) is 74.7 Å². The molecule has 0 saturated carbocycles. The van der Waals surface area contributed by atoms with Crippen molar-refractivity contribution < 1.29 is 14.6 Å². The molecule has 0 unspecified atom stereocenters. The maximum absolute atomic E-state index is 12.4. The lowest BCUT2D eigenvalue weighted by Crippen LogP contribution is -2.65. The summed E-state index contributed by atoms with van der Waals surface area (Å²) in [7, 11) is 1.53. The van der Waals surface area contributed by atoms with E-state index >= 15 is 0 Å². The van der Waals surface area contributed by atoms with Crippen molar-refractivity contribution in [3.63, 3.8) is 0 Å². The van der Waals surface area contributed by atoms with Crippen molar-refractivity contribution in [2.45, 2.75) is 37.9 Å². The molecule has 2 N–H and O–H groups in total. The summed E-state index contributed by atoms with van der Waals surface area (Å²) < 4.78 is 5.02. The summed E-state index contributed by atoms with van der Waals surface area (Å²) in [5, 5.41) is 13.1. The zero-order chi connectivity index (χ0) is 20.1. The van der Waals surface area contributed by atoms with Gasteiger partial charge in [0.05, 0.1) is 6.61 Å². The van der Waals surface area contributed by atoms with Gasteiger partial charge in [0.2, 0.25) is 5.91 Å². The average molecular weight is 383 g/mol. The van der Waals surface area contributed by atoms with Gasteiger partial charge in [0.25, 0.3) is 0 Å². The summed E-state index contributed by atoms with van der Waals surface area (Å²) in [4.78, 5) is 18.4. The van der Waals surface area contributed by atoms with E-state index in [-0.39, 0.29) is 43.2 Å². The summed E-state index contributed by atoms with van der Waals surface area (Å²) in [6.07, 6.45) is 3.61. The van der Waals surface area contributed by atoms with Gasteiger partial charge in [-0.05, 0) is 36.6 Å². The van der Waals surface area contributed by atoms with Crippen LogP contribution in [0.3, 0.4) is 0 Å². The molecule has 1 aliphatic rings. The third-order valence-corrected chi connectivity index (χ3v) is 5.39. The van der Waals surface area contributed by atoms with Gasteiger partial charge >= 0.3 is 0 Å². The molecule has 1 aromatic carbocycles. The van der Waals surface area contributed by atoms with Crippen LogP contribution < -0.4 is 5.32 Å². The molecule has 0 radical (unpaired) electrons. The fraction of sp³-hybridized carbons (Fsp3) is 0.455. The van der Waals surface area contributed by atoms with E-state index in [0.717, 1.165) is 11.1 Å². The smallest absolute Gasteiger partial charge is 0.248 e. The lowest BCUT2D eigenvalue weighted by atomic mass is 9.77. The van der Waals surface area contributed by atoms with E-state index in [9.17, 15) is 9.90 Å². The Morgan fingerprint density at radius 3 is 2.54 bits per heavy atom. The second kappa shape index (κ2) is 9.28. The molecule has 1 amide bonds. The highest BCUT2D eigenvalue weighted by atomic mass is 16.5. The first kappa shape index (κ1) is 20.5. The maximum Gasteiger partial charge on any atom is 0.248 e. The number of carbonyl (C=O) groups excluding carboxylic acids is 1. The first-order valence-corrected chi connectivity index (χ1v) is 9.70. The van der Waals surface area contributed by atoms with Crippen LogP contribution in [0, 0.1) is 0 Å². The van der Waals surface area contributed by atoms with Crippen molar-refractivity contribution in [3.05, 3.63) is 54.4 Å². The second-order valence-corrected chi connectivity index (χ2v) is 7.52. The fourth-order valence-electron chi connectivity index (χ4n) is 3.89. The van der Waals surface area contributed by atoms with E-state index in [1.165, 1.54) is 12.7 Å². The molecule has 6 nitrogen and oxygen atoms in total. The van der Waals surface area contributed by atoms with Gasteiger partial charge in [0, 0.05) is 50.1 Å². The Labute approximate surface area is 166 Å². The van der Waals surface area contributed by atoms with Crippen molar-refractivity contribution in [3.8, 4) is 11.1 Å². The minimum absolute atomic E-state index is 0.000723. The van der Waals surface area contributed by atoms with Crippen LogP contribution in [-0.4, -0.2) is 65.9 Å². The molecule has 2 heterocycles. The minimum Gasteiger partial charge on any atom is -0.395 e. The number of ether oxygens (including phenoxy) is 1. The number of hydrogen-bond acceptors (Lipinski definition) is 5. The van der Waals surface area contributed by atoms with Gasteiger partial charge in [-0.3, -0.25) is 9.78 Å². The largest absolute Gasteiger partial charge is 0.395 e. The number of rotatable bonds is 8. The monoisotopic (exact) mass is 383 g/mol. The van der Waals surface area contributed by atoms with Gasteiger partial charge in [0.1, 0.15) is 6.61 Å². The van der Waals surface area contributed by atoms with E-state index in [1.54, 1.807) is 6.20 Å². The van der Waals surface area contributed by atoms with Crippen molar-refractivity contribution in [1.82, 2.24) is 15.2 Å². The molecule has 1 saturated heterocycles. The number of carbonyl (C=O) groups is 1. The number of methoxy groups -OCH3 is 1. The molecule has 150 valence electrons.